The van der Waals surface area contributed by atoms with Crippen molar-refractivity contribution in [1.82, 2.24) is 15.1 Å². The molecule has 0 aliphatic carbocycles. The van der Waals surface area contributed by atoms with Gasteiger partial charge in [0, 0.05) is 37.3 Å². The van der Waals surface area contributed by atoms with Crippen molar-refractivity contribution in [3.05, 3.63) is 52.8 Å². The molecule has 0 amide bonds. The van der Waals surface area contributed by atoms with E-state index in [1.54, 1.807) is 6.20 Å². The van der Waals surface area contributed by atoms with Crippen LogP contribution in [0, 0.1) is 0 Å². The molecule has 1 aliphatic heterocycles. The summed E-state index contributed by atoms with van der Waals surface area (Å²) in [6.07, 6.45) is -1.94. The standard InChI is InChI=1S/C16H18F3N3O/c17-16(18,19)13-3-1-11(2-4-13)7-14(23)10-22-6-5-15-12(9-22)8-20-21-15/h1-4,8,14,23H,5-7,9-10H2,(H,20,21). The number of nitrogens with zero attached hydrogens (tertiary/aromatic N) is 2. The van der Waals surface area contributed by atoms with Gasteiger partial charge in [-0.3, -0.25) is 10.00 Å². The van der Waals surface area contributed by atoms with Crippen molar-refractivity contribution in [2.45, 2.75) is 31.7 Å². The molecule has 1 aliphatic rings. The lowest BCUT2D eigenvalue weighted by Crippen LogP contribution is -2.37. The normalized spacial score (nSPS) is 17.0. The molecule has 1 aromatic heterocycles. The van der Waals surface area contributed by atoms with Gasteiger partial charge in [0.1, 0.15) is 0 Å². The molecule has 23 heavy (non-hydrogen) atoms. The molecule has 0 spiro atoms. The minimum absolute atomic E-state index is 0.340. The number of fused-ring (bicyclic) bond motifs is 1. The van der Waals surface area contributed by atoms with Crippen molar-refractivity contribution < 1.29 is 18.3 Å². The van der Waals surface area contributed by atoms with Gasteiger partial charge >= 0.3 is 6.18 Å². The largest absolute Gasteiger partial charge is 0.416 e. The molecule has 2 heterocycles. The zero-order chi connectivity index (χ0) is 16.4. The fourth-order valence-electron chi connectivity index (χ4n) is 2.90. The number of aromatic nitrogens is 2. The SMILES string of the molecule is OC(Cc1ccc(C(F)(F)F)cc1)CN1CCc2[nH]ncc2C1. The molecule has 2 aromatic rings. The van der Waals surface area contributed by atoms with E-state index in [9.17, 15) is 18.3 Å². The van der Waals surface area contributed by atoms with Gasteiger partial charge < -0.3 is 5.11 Å². The molecule has 0 bridgehead atoms. The van der Waals surface area contributed by atoms with Gasteiger partial charge in [0.25, 0.3) is 0 Å². The van der Waals surface area contributed by atoms with Crippen molar-refractivity contribution >= 4 is 0 Å². The monoisotopic (exact) mass is 325 g/mol. The van der Waals surface area contributed by atoms with Gasteiger partial charge in [-0.15, -0.1) is 0 Å². The summed E-state index contributed by atoms with van der Waals surface area (Å²) < 4.78 is 37.6. The van der Waals surface area contributed by atoms with E-state index in [0.29, 0.717) is 18.5 Å². The third-order valence-corrected chi connectivity index (χ3v) is 4.10. The van der Waals surface area contributed by atoms with Gasteiger partial charge in [0.15, 0.2) is 0 Å². The van der Waals surface area contributed by atoms with Crippen molar-refractivity contribution in [2.24, 2.45) is 0 Å². The van der Waals surface area contributed by atoms with E-state index >= 15 is 0 Å². The number of aromatic amines is 1. The van der Waals surface area contributed by atoms with Crippen LogP contribution in [0.2, 0.25) is 0 Å². The second-order valence-electron chi connectivity index (χ2n) is 5.91. The Kier molecular flexibility index (Phi) is 4.41. The Morgan fingerprint density at radius 2 is 2.00 bits per heavy atom. The summed E-state index contributed by atoms with van der Waals surface area (Å²) in [5.74, 6) is 0. The first kappa shape index (κ1) is 16.0. The number of halogens is 3. The lowest BCUT2D eigenvalue weighted by atomic mass is 10.0. The van der Waals surface area contributed by atoms with E-state index < -0.39 is 17.8 Å². The lowest BCUT2D eigenvalue weighted by Gasteiger charge is -2.28. The predicted molar refractivity (Wildman–Crippen MR) is 78.7 cm³/mol. The molecule has 1 unspecified atom stereocenters. The summed E-state index contributed by atoms with van der Waals surface area (Å²) in [6.45, 7) is 2.06. The van der Waals surface area contributed by atoms with Crippen LogP contribution in [0.3, 0.4) is 0 Å². The summed E-state index contributed by atoms with van der Waals surface area (Å²) >= 11 is 0. The van der Waals surface area contributed by atoms with Gasteiger partial charge in [-0.1, -0.05) is 12.1 Å². The first-order chi connectivity index (χ1) is 10.9. The average molecular weight is 325 g/mol. The molecule has 124 valence electrons. The maximum Gasteiger partial charge on any atom is 0.416 e. The van der Waals surface area contributed by atoms with Gasteiger partial charge in [-0.25, -0.2) is 0 Å². The Balaban J connectivity index is 1.54. The summed E-state index contributed by atoms with van der Waals surface area (Å²) in [6, 6.07) is 4.97. The highest BCUT2D eigenvalue weighted by Crippen LogP contribution is 2.29. The van der Waals surface area contributed by atoms with E-state index in [0.717, 1.165) is 42.9 Å². The first-order valence-corrected chi connectivity index (χ1v) is 7.49. The van der Waals surface area contributed by atoms with Crippen LogP contribution in [0.25, 0.3) is 0 Å². The summed E-state index contributed by atoms with van der Waals surface area (Å²) in [5.41, 5.74) is 2.31. The highest BCUT2D eigenvalue weighted by molar-refractivity contribution is 5.25. The van der Waals surface area contributed by atoms with Crippen LogP contribution in [0.4, 0.5) is 13.2 Å². The van der Waals surface area contributed by atoms with Crippen LogP contribution in [-0.4, -0.2) is 39.4 Å². The number of alkyl halides is 3. The number of benzene rings is 1. The molecular weight excluding hydrogens is 307 g/mol. The number of nitrogens with one attached hydrogen (secondary N) is 1. The van der Waals surface area contributed by atoms with Crippen molar-refractivity contribution in [3.63, 3.8) is 0 Å². The highest BCUT2D eigenvalue weighted by Gasteiger charge is 2.30. The van der Waals surface area contributed by atoms with Crippen molar-refractivity contribution in [3.8, 4) is 0 Å². The molecule has 2 N–H and O–H groups in total. The van der Waals surface area contributed by atoms with Crippen molar-refractivity contribution in [1.29, 1.82) is 0 Å². The maximum absolute atomic E-state index is 12.5. The number of hydrogen-bond donors (Lipinski definition) is 2. The van der Waals surface area contributed by atoms with E-state index in [-0.39, 0.29) is 0 Å². The number of aliphatic hydroxyl groups excluding tert-OH is 1. The van der Waals surface area contributed by atoms with E-state index in [1.807, 2.05) is 0 Å². The smallest absolute Gasteiger partial charge is 0.391 e. The molecule has 0 fully saturated rings. The topological polar surface area (TPSA) is 52.1 Å². The molecule has 1 atom stereocenters. The lowest BCUT2D eigenvalue weighted by molar-refractivity contribution is -0.137. The third-order valence-electron chi connectivity index (χ3n) is 4.10. The molecular formula is C16H18F3N3O. The second kappa shape index (κ2) is 6.33. The number of β-amino-alcohol motifs (C(OH)–C–C–N with tert-alkyl or cyclic N) is 1. The zero-order valence-corrected chi connectivity index (χ0v) is 12.5. The van der Waals surface area contributed by atoms with Gasteiger partial charge in [-0.05, 0) is 24.1 Å². The molecule has 3 rings (SSSR count). The fraction of sp³-hybridized carbons (Fsp3) is 0.438. The second-order valence-corrected chi connectivity index (χ2v) is 5.91. The Morgan fingerprint density at radius 1 is 1.26 bits per heavy atom. The number of rotatable bonds is 4. The van der Waals surface area contributed by atoms with Crippen LogP contribution in [-0.2, 0) is 25.6 Å². The van der Waals surface area contributed by atoms with Crippen LogP contribution in [0.15, 0.2) is 30.5 Å². The number of H-pyrrole nitrogens is 1. The predicted octanol–water partition coefficient (Wildman–Crippen LogP) is 2.39. The van der Waals surface area contributed by atoms with Crippen molar-refractivity contribution in [2.75, 3.05) is 13.1 Å². The highest BCUT2D eigenvalue weighted by atomic mass is 19.4. The van der Waals surface area contributed by atoms with E-state index in [2.05, 4.69) is 15.1 Å². The van der Waals surface area contributed by atoms with Gasteiger partial charge in [0.2, 0.25) is 0 Å². The first-order valence-electron chi connectivity index (χ1n) is 7.49. The summed E-state index contributed by atoms with van der Waals surface area (Å²) in [7, 11) is 0. The Morgan fingerprint density at radius 3 is 2.70 bits per heavy atom. The van der Waals surface area contributed by atoms with Crippen LogP contribution in [0.5, 0.6) is 0 Å². The Bertz CT molecular complexity index is 651. The van der Waals surface area contributed by atoms with Crippen LogP contribution >= 0.6 is 0 Å². The Hall–Kier alpha value is -1.86. The van der Waals surface area contributed by atoms with Crippen LogP contribution in [0.1, 0.15) is 22.4 Å². The molecule has 0 radical (unpaired) electrons. The molecule has 0 saturated heterocycles. The fourth-order valence-corrected chi connectivity index (χ4v) is 2.90. The molecule has 1 aromatic carbocycles. The Labute approximate surface area is 131 Å². The van der Waals surface area contributed by atoms with Gasteiger partial charge in [-0.2, -0.15) is 18.3 Å². The van der Waals surface area contributed by atoms with Gasteiger partial charge in [0.05, 0.1) is 17.9 Å². The van der Waals surface area contributed by atoms with Crippen LogP contribution < -0.4 is 0 Å². The molecule has 0 saturated carbocycles. The summed E-state index contributed by atoms with van der Waals surface area (Å²) in [5, 5.41) is 17.2. The van der Waals surface area contributed by atoms with E-state index in [4.69, 9.17) is 0 Å². The number of aliphatic hydroxyl groups is 1. The molecule has 4 nitrogen and oxygen atoms in total. The average Bonchev–Trinajstić information content (AvgIpc) is 2.94. The zero-order valence-electron chi connectivity index (χ0n) is 12.5. The molecule has 7 heteroatoms. The quantitative estimate of drug-likeness (QED) is 0.907. The maximum atomic E-state index is 12.5. The van der Waals surface area contributed by atoms with E-state index in [1.165, 1.54) is 12.1 Å². The minimum Gasteiger partial charge on any atom is -0.391 e. The third kappa shape index (κ3) is 3.92. The summed E-state index contributed by atoms with van der Waals surface area (Å²) in [4.78, 5) is 2.13. The minimum atomic E-state index is -4.33. The number of hydrogen-bond acceptors (Lipinski definition) is 3.